The summed E-state index contributed by atoms with van der Waals surface area (Å²) in [6.07, 6.45) is 1.74. The molecule has 0 radical (unpaired) electrons. The molecule has 2 atom stereocenters. The highest BCUT2D eigenvalue weighted by molar-refractivity contribution is 5.85. The minimum Gasteiger partial charge on any atom is -0.348 e. The second-order valence-corrected chi connectivity index (χ2v) is 5.58. The molecule has 0 bridgehead atoms. The lowest BCUT2D eigenvalue weighted by Crippen LogP contribution is -2.41. The van der Waals surface area contributed by atoms with E-state index < -0.39 is 6.04 Å². The van der Waals surface area contributed by atoms with Crippen LogP contribution in [-0.2, 0) is 11.2 Å². The van der Waals surface area contributed by atoms with Crippen LogP contribution in [0.5, 0.6) is 0 Å². The van der Waals surface area contributed by atoms with E-state index in [4.69, 9.17) is 5.73 Å². The third-order valence-corrected chi connectivity index (χ3v) is 3.26. The van der Waals surface area contributed by atoms with Crippen molar-refractivity contribution in [2.24, 2.45) is 11.7 Å². The number of carbonyl (C=O) groups is 1. The van der Waals surface area contributed by atoms with Crippen molar-refractivity contribution in [1.82, 2.24) is 5.32 Å². The van der Waals surface area contributed by atoms with Crippen molar-refractivity contribution in [3.05, 3.63) is 35.4 Å². The zero-order valence-electron chi connectivity index (χ0n) is 12.8. The van der Waals surface area contributed by atoms with Gasteiger partial charge in [0.1, 0.15) is 0 Å². The highest BCUT2D eigenvalue weighted by atomic mass is 35.5. The van der Waals surface area contributed by atoms with E-state index in [0.29, 0.717) is 12.3 Å². The van der Waals surface area contributed by atoms with Crippen LogP contribution < -0.4 is 11.1 Å². The predicted molar refractivity (Wildman–Crippen MR) is 87.1 cm³/mol. The molecule has 0 saturated heterocycles. The minimum absolute atomic E-state index is 0. The lowest BCUT2D eigenvalue weighted by molar-refractivity contribution is -0.123. The number of nitrogens with one attached hydrogen (secondary N) is 1. The van der Waals surface area contributed by atoms with E-state index in [2.05, 4.69) is 43.4 Å². The number of carbonyl (C=O) groups excluding carboxylic acids is 1. The van der Waals surface area contributed by atoms with E-state index in [0.717, 1.165) is 12.0 Å². The molecular weight excluding hydrogens is 272 g/mol. The molecule has 1 unspecified atom stereocenters. The standard InChI is InChI=1S/C16H26N2O.ClH/c1-5-15(17)16(19)18-12(4)14-8-6-13(7-9-14)10-11(2)3;/h6-9,11-12,15H,5,10,17H2,1-4H3,(H,18,19);1H/t12?,15-;/m0./s1. The van der Waals surface area contributed by atoms with Crippen molar-refractivity contribution in [2.45, 2.75) is 52.6 Å². The second-order valence-electron chi connectivity index (χ2n) is 5.58. The van der Waals surface area contributed by atoms with Crippen molar-refractivity contribution >= 4 is 18.3 Å². The van der Waals surface area contributed by atoms with E-state index >= 15 is 0 Å². The summed E-state index contributed by atoms with van der Waals surface area (Å²) < 4.78 is 0. The molecule has 0 aliphatic heterocycles. The Labute approximate surface area is 128 Å². The van der Waals surface area contributed by atoms with E-state index in [1.54, 1.807) is 0 Å². The van der Waals surface area contributed by atoms with Gasteiger partial charge in [0.15, 0.2) is 0 Å². The molecule has 3 N–H and O–H groups in total. The first kappa shape index (κ1) is 18.9. The lowest BCUT2D eigenvalue weighted by Gasteiger charge is -2.17. The number of halogens is 1. The van der Waals surface area contributed by atoms with Gasteiger partial charge in [-0.1, -0.05) is 45.0 Å². The van der Waals surface area contributed by atoms with Gasteiger partial charge in [-0.3, -0.25) is 4.79 Å². The molecule has 20 heavy (non-hydrogen) atoms. The summed E-state index contributed by atoms with van der Waals surface area (Å²) in [5.41, 5.74) is 8.16. The molecule has 0 saturated carbocycles. The van der Waals surface area contributed by atoms with Gasteiger partial charge in [-0.2, -0.15) is 0 Å². The Hall–Kier alpha value is -1.06. The van der Waals surface area contributed by atoms with Crippen LogP contribution in [0.4, 0.5) is 0 Å². The Balaban J connectivity index is 0.00000361. The molecule has 0 aliphatic carbocycles. The summed E-state index contributed by atoms with van der Waals surface area (Å²) in [4.78, 5) is 11.7. The van der Waals surface area contributed by atoms with Gasteiger partial charge < -0.3 is 11.1 Å². The maximum atomic E-state index is 11.7. The van der Waals surface area contributed by atoms with Gasteiger partial charge in [-0.25, -0.2) is 0 Å². The van der Waals surface area contributed by atoms with Crippen molar-refractivity contribution < 1.29 is 4.79 Å². The SMILES string of the molecule is CC[C@H](N)C(=O)NC(C)c1ccc(CC(C)C)cc1.Cl. The van der Waals surface area contributed by atoms with Crippen LogP contribution in [0.15, 0.2) is 24.3 Å². The average molecular weight is 299 g/mol. The van der Waals surface area contributed by atoms with Crippen LogP contribution >= 0.6 is 12.4 Å². The van der Waals surface area contributed by atoms with Crippen LogP contribution in [0.1, 0.15) is 51.3 Å². The fraction of sp³-hybridized carbons (Fsp3) is 0.562. The van der Waals surface area contributed by atoms with E-state index in [-0.39, 0.29) is 24.4 Å². The minimum atomic E-state index is -0.414. The lowest BCUT2D eigenvalue weighted by atomic mass is 10.00. The molecule has 0 spiro atoms. The van der Waals surface area contributed by atoms with Gasteiger partial charge in [0.05, 0.1) is 12.1 Å². The Kier molecular flexibility index (Phi) is 8.51. The molecule has 0 aromatic heterocycles. The molecule has 0 aliphatic rings. The molecule has 1 amide bonds. The number of hydrogen-bond donors (Lipinski definition) is 2. The molecule has 0 heterocycles. The number of amides is 1. The number of rotatable bonds is 6. The zero-order valence-corrected chi connectivity index (χ0v) is 13.7. The Morgan fingerprint density at radius 3 is 2.20 bits per heavy atom. The average Bonchev–Trinajstić information content (AvgIpc) is 2.37. The molecule has 1 aromatic carbocycles. The number of nitrogens with two attached hydrogens (primary N) is 1. The van der Waals surface area contributed by atoms with Crippen LogP contribution in [0.25, 0.3) is 0 Å². The van der Waals surface area contributed by atoms with Crippen molar-refractivity contribution in [2.75, 3.05) is 0 Å². The van der Waals surface area contributed by atoms with Crippen LogP contribution in [0.3, 0.4) is 0 Å². The zero-order chi connectivity index (χ0) is 14.4. The predicted octanol–water partition coefficient (Wildman–Crippen LogP) is 3.22. The largest absolute Gasteiger partial charge is 0.348 e. The maximum absolute atomic E-state index is 11.7. The van der Waals surface area contributed by atoms with Gasteiger partial charge in [0.25, 0.3) is 0 Å². The van der Waals surface area contributed by atoms with Gasteiger partial charge >= 0.3 is 0 Å². The van der Waals surface area contributed by atoms with Gasteiger partial charge in [-0.15, -0.1) is 12.4 Å². The molecule has 3 nitrogen and oxygen atoms in total. The molecule has 114 valence electrons. The second kappa shape index (κ2) is 8.98. The third kappa shape index (κ3) is 5.93. The maximum Gasteiger partial charge on any atom is 0.237 e. The number of benzene rings is 1. The van der Waals surface area contributed by atoms with Crippen molar-refractivity contribution in [3.63, 3.8) is 0 Å². The topological polar surface area (TPSA) is 55.1 Å². The summed E-state index contributed by atoms with van der Waals surface area (Å²) in [6.45, 7) is 8.32. The van der Waals surface area contributed by atoms with Gasteiger partial charge in [0.2, 0.25) is 5.91 Å². The third-order valence-electron chi connectivity index (χ3n) is 3.26. The fourth-order valence-corrected chi connectivity index (χ4v) is 2.00. The Bertz CT molecular complexity index is 403. The van der Waals surface area contributed by atoms with Crippen molar-refractivity contribution in [3.8, 4) is 0 Å². The smallest absolute Gasteiger partial charge is 0.237 e. The van der Waals surface area contributed by atoms with Gasteiger partial charge in [-0.05, 0) is 36.8 Å². The normalized spacial score (nSPS) is 13.5. The summed E-state index contributed by atoms with van der Waals surface area (Å²) in [6, 6.07) is 8.02. The van der Waals surface area contributed by atoms with Gasteiger partial charge in [0, 0.05) is 0 Å². The molecule has 4 heteroatoms. The van der Waals surface area contributed by atoms with Crippen LogP contribution in [0.2, 0.25) is 0 Å². The quantitative estimate of drug-likeness (QED) is 0.847. The summed E-state index contributed by atoms with van der Waals surface area (Å²) in [5, 5.41) is 2.94. The Morgan fingerprint density at radius 1 is 1.20 bits per heavy atom. The molecular formula is C16H27ClN2O. The van der Waals surface area contributed by atoms with E-state index in [1.807, 2.05) is 13.8 Å². The summed E-state index contributed by atoms with van der Waals surface area (Å²) in [5.74, 6) is 0.576. The summed E-state index contributed by atoms with van der Waals surface area (Å²) >= 11 is 0. The monoisotopic (exact) mass is 298 g/mol. The molecule has 1 aromatic rings. The summed E-state index contributed by atoms with van der Waals surface area (Å²) in [7, 11) is 0. The first-order chi connectivity index (χ1) is 8.93. The van der Waals surface area contributed by atoms with Crippen LogP contribution in [0, 0.1) is 5.92 Å². The van der Waals surface area contributed by atoms with Crippen LogP contribution in [-0.4, -0.2) is 11.9 Å². The first-order valence-electron chi connectivity index (χ1n) is 7.08. The van der Waals surface area contributed by atoms with E-state index in [9.17, 15) is 4.79 Å². The molecule has 1 rings (SSSR count). The first-order valence-corrected chi connectivity index (χ1v) is 7.08. The van der Waals surface area contributed by atoms with Crippen molar-refractivity contribution in [1.29, 1.82) is 0 Å². The fourth-order valence-electron chi connectivity index (χ4n) is 2.00. The highest BCUT2D eigenvalue weighted by Gasteiger charge is 2.14. The molecule has 0 fully saturated rings. The Morgan fingerprint density at radius 2 is 1.75 bits per heavy atom. The van der Waals surface area contributed by atoms with E-state index in [1.165, 1.54) is 5.56 Å². The highest BCUT2D eigenvalue weighted by Crippen LogP contribution is 2.15. The number of hydrogen-bond acceptors (Lipinski definition) is 2.